The Balaban J connectivity index is 1.91. The Hall–Kier alpha value is -1.12. The number of rotatable bonds is 11. The third-order valence-electron chi connectivity index (χ3n) is 5.09. The summed E-state index contributed by atoms with van der Waals surface area (Å²) >= 11 is 0. The normalized spacial score (nSPS) is 16.7. The maximum atomic E-state index is 5.90. The number of benzene rings is 1. The zero-order valence-electron chi connectivity index (χ0n) is 15.0. The minimum Gasteiger partial charge on any atom is -0.352 e. The van der Waals surface area contributed by atoms with E-state index in [9.17, 15) is 0 Å². The predicted octanol–water partition coefficient (Wildman–Crippen LogP) is 5.93. The van der Waals surface area contributed by atoms with Crippen molar-refractivity contribution >= 4 is 6.08 Å². The van der Waals surface area contributed by atoms with Crippen molar-refractivity contribution < 1.29 is 9.47 Å². The van der Waals surface area contributed by atoms with Crippen molar-refractivity contribution in [3.05, 3.63) is 41.5 Å². The highest BCUT2D eigenvalue weighted by molar-refractivity contribution is 5.63. The van der Waals surface area contributed by atoms with Crippen LogP contribution in [0.5, 0.6) is 0 Å². The van der Waals surface area contributed by atoms with Crippen molar-refractivity contribution in [1.29, 1.82) is 0 Å². The molecule has 2 heteroatoms. The Morgan fingerprint density at radius 3 is 2.26 bits per heavy atom. The fourth-order valence-electron chi connectivity index (χ4n) is 3.66. The van der Waals surface area contributed by atoms with Gasteiger partial charge < -0.3 is 9.47 Å². The summed E-state index contributed by atoms with van der Waals surface area (Å²) in [6.45, 7) is 2.26. The van der Waals surface area contributed by atoms with E-state index in [-0.39, 0.29) is 5.92 Å². The van der Waals surface area contributed by atoms with Gasteiger partial charge in [-0.1, -0.05) is 81.9 Å². The molecule has 0 fully saturated rings. The summed E-state index contributed by atoms with van der Waals surface area (Å²) in [5, 5.41) is 0. The topological polar surface area (TPSA) is 18.5 Å². The van der Waals surface area contributed by atoms with Gasteiger partial charge in [-0.05, 0) is 17.5 Å². The molecule has 0 heterocycles. The van der Waals surface area contributed by atoms with Gasteiger partial charge in [0.25, 0.3) is 0 Å². The molecule has 0 bridgehead atoms. The molecule has 0 saturated carbocycles. The van der Waals surface area contributed by atoms with Gasteiger partial charge in [-0.3, -0.25) is 0 Å². The van der Waals surface area contributed by atoms with E-state index in [1.54, 1.807) is 14.2 Å². The molecule has 2 rings (SSSR count). The second-order valence-electron chi connectivity index (χ2n) is 6.56. The van der Waals surface area contributed by atoms with Crippen molar-refractivity contribution in [2.75, 3.05) is 14.2 Å². The molecule has 0 aliphatic heterocycles. The van der Waals surface area contributed by atoms with Crippen LogP contribution in [0, 0.1) is 0 Å². The van der Waals surface area contributed by atoms with Gasteiger partial charge in [0.2, 0.25) is 0 Å². The van der Waals surface area contributed by atoms with Gasteiger partial charge in [0.05, 0.1) is 5.92 Å². The summed E-state index contributed by atoms with van der Waals surface area (Å²) in [5.74, 6) is -0.347. The summed E-state index contributed by atoms with van der Waals surface area (Å²) in [6, 6.07) is 8.54. The zero-order chi connectivity index (χ0) is 16.5. The predicted molar refractivity (Wildman–Crippen MR) is 97.6 cm³/mol. The molecule has 2 nitrogen and oxygen atoms in total. The fourth-order valence-corrected chi connectivity index (χ4v) is 3.66. The lowest BCUT2D eigenvalue weighted by molar-refractivity contribution is -0.219. The Morgan fingerprint density at radius 1 is 0.913 bits per heavy atom. The van der Waals surface area contributed by atoms with Gasteiger partial charge >= 0.3 is 0 Å². The van der Waals surface area contributed by atoms with Gasteiger partial charge in [-0.15, -0.1) is 0 Å². The van der Waals surface area contributed by atoms with E-state index in [2.05, 4.69) is 43.3 Å². The molecular weight excluding hydrogens is 284 g/mol. The average Bonchev–Trinajstić information content (AvgIpc) is 3.03. The van der Waals surface area contributed by atoms with Crippen LogP contribution in [0.15, 0.2) is 30.3 Å². The van der Waals surface area contributed by atoms with Crippen LogP contribution in [0.1, 0.15) is 75.3 Å². The van der Waals surface area contributed by atoms with Crippen molar-refractivity contribution in [2.24, 2.45) is 0 Å². The first-order valence-corrected chi connectivity index (χ1v) is 9.15. The number of fused-ring (bicyclic) bond motifs is 1. The highest BCUT2D eigenvalue weighted by Gasteiger charge is 2.40. The Morgan fingerprint density at radius 2 is 1.57 bits per heavy atom. The molecule has 1 aliphatic carbocycles. The van der Waals surface area contributed by atoms with Gasteiger partial charge in [0, 0.05) is 20.6 Å². The highest BCUT2D eigenvalue weighted by Crippen LogP contribution is 2.42. The summed E-state index contributed by atoms with van der Waals surface area (Å²) in [5.41, 5.74) is 2.61. The van der Waals surface area contributed by atoms with Gasteiger partial charge in [0.15, 0.2) is 5.79 Å². The molecule has 0 spiro atoms. The summed E-state index contributed by atoms with van der Waals surface area (Å²) in [7, 11) is 3.55. The lowest BCUT2D eigenvalue weighted by Crippen LogP contribution is -2.39. The molecular formula is C21H32O2. The molecule has 1 aliphatic rings. The third kappa shape index (κ3) is 4.45. The largest absolute Gasteiger partial charge is 0.352 e. The van der Waals surface area contributed by atoms with Crippen molar-refractivity contribution in [3.8, 4) is 0 Å². The van der Waals surface area contributed by atoms with Crippen LogP contribution in [-0.2, 0) is 9.47 Å². The van der Waals surface area contributed by atoms with Crippen LogP contribution in [0.4, 0.5) is 0 Å². The molecule has 0 saturated heterocycles. The van der Waals surface area contributed by atoms with Gasteiger partial charge in [-0.25, -0.2) is 0 Å². The van der Waals surface area contributed by atoms with E-state index in [0.29, 0.717) is 0 Å². The summed E-state index contributed by atoms with van der Waals surface area (Å²) in [4.78, 5) is 0. The van der Waals surface area contributed by atoms with E-state index < -0.39 is 5.79 Å². The number of hydrogen-bond donors (Lipinski definition) is 0. The monoisotopic (exact) mass is 316 g/mol. The Kier molecular flexibility index (Phi) is 7.32. The Bertz CT molecular complexity index is 488. The molecule has 1 aromatic carbocycles. The second-order valence-corrected chi connectivity index (χ2v) is 6.56. The van der Waals surface area contributed by atoms with Crippen molar-refractivity contribution in [3.63, 3.8) is 0 Å². The number of methoxy groups -OCH3 is 2. The molecule has 0 amide bonds. The van der Waals surface area contributed by atoms with Crippen LogP contribution in [0.3, 0.4) is 0 Å². The van der Waals surface area contributed by atoms with E-state index in [4.69, 9.17) is 9.47 Å². The molecule has 23 heavy (non-hydrogen) atoms. The standard InChI is InChI=1S/C21H32O2/c1-4-5-6-7-8-9-12-17-21(22-2,23-3)20-16-15-18-13-10-11-14-19(18)20/h10-11,13-16,20H,4-9,12,17H2,1-3H3. The lowest BCUT2D eigenvalue weighted by Gasteiger charge is -2.36. The zero-order valence-corrected chi connectivity index (χ0v) is 15.0. The molecule has 0 radical (unpaired) electrons. The van der Waals surface area contributed by atoms with E-state index in [1.807, 2.05) is 0 Å². The molecule has 1 unspecified atom stereocenters. The van der Waals surface area contributed by atoms with Gasteiger partial charge in [0.1, 0.15) is 0 Å². The first-order valence-electron chi connectivity index (χ1n) is 9.15. The first-order chi connectivity index (χ1) is 11.3. The second kappa shape index (κ2) is 9.24. The van der Waals surface area contributed by atoms with Crippen LogP contribution >= 0.6 is 0 Å². The first kappa shape index (κ1) is 18.2. The molecule has 1 atom stereocenters. The van der Waals surface area contributed by atoms with Crippen LogP contribution in [0.2, 0.25) is 0 Å². The quantitative estimate of drug-likeness (QED) is 0.372. The van der Waals surface area contributed by atoms with Crippen molar-refractivity contribution in [1.82, 2.24) is 0 Å². The summed E-state index contributed by atoms with van der Waals surface area (Å²) < 4.78 is 11.8. The van der Waals surface area contributed by atoms with E-state index in [0.717, 1.165) is 12.8 Å². The highest BCUT2D eigenvalue weighted by atomic mass is 16.7. The Labute approximate surface area is 141 Å². The lowest BCUT2D eigenvalue weighted by atomic mass is 9.88. The molecule has 0 aromatic heterocycles. The summed E-state index contributed by atoms with van der Waals surface area (Å²) in [6.07, 6.45) is 14.5. The molecule has 128 valence electrons. The van der Waals surface area contributed by atoms with Crippen LogP contribution < -0.4 is 0 Å². The smallest absolute Gasteiger partial charge is 0.177 e. The van der Waals surface area contributed by atoms with Crippen LogP contribution in [-0.4, -0.2) is 20.0 Å². The maximum Gasteiger partial charge on any atom is 0.177 e. The maximum absolute atomic E-state index is 5.90. The van der Waals surface area contributed by atoms with Crippen molar-refractivity contribution in [2.45, 2.75) is 70.0 Å². The average molecular weight is 316 g/mol. The fraction of sp³-hybridized carbons (Fsp3) is 0.619. The van der Waals surface area contributed by atoms with E-state index in [1.165, 1.54) is 49.7 Å². The minimum atomic E-state index is -0.535. The minimum absolute atomic E-state index is 0.189. The third-order valence-corrected chi connectivity index (χ3v) is 5.09. The number of hydrogen-bond acceptors (Lipinski definition) is 2. The number of unbranched alkanes of at least 4 members (excludes halogenated alkanes) is 6. The molecule has 0 N–H and O–H groups in total. The van der Waals surface area contributed by atoms with Gasteiger partial charge in [-0.2, -0.15) is 0 Å². The SMILES string of the molecule is CCCCCCCCCC(OC)(OC)C1C=Cc2ccccc21. The number of ether oxygens (including phenoxy) is 2. The van der Waals surface area contributed by atoms with Crippen LogP contribution in [0.25, 0.3) is 6.08 Å². The molecule has 1 aromatic rings. The van der Waals surface area contributed by atoms with E-state index >= 15 is 0 Å².